The van der Waals surface area contributed by atoms with E-state index in [4.69, 9.17) is 4.74 Å². The summed E-state index contributed by atoms with van der Waals surface area (Å²) in [5.74, 6) is 0.231. The first-order valence-corrected chi connectivity index (χ1v) is 12.1. The molecule has 0 saturated carbocycles. The van der Waals surface area contributed by atoms with Gasteiger partial charge in [0.25, 0.3) is 0 Å². The number of ether oxygens (including phenoxy) is 1. The molecule has 190 valence electrons. The molecule has 1 saturated heterocycles. The van der Waals surface area contributed by atoms with E-state index in [0.717, 1.165) is 18.4 Å². The van der Waals surface area contributed by atoms with Gasteiger partial charge < -0.3 is 20.3 Å². The van der Waals surface area contributed by atoms with E-state index in [1.54, 1.807) is 25.7 Å². The number of carbonyl (C=O) groups excluding carboxylic acids is 3. The Hall–Kier alpha value is -3.50. The predicted molar refractivity (Wildman–Crippen MR) is 129 cm³/mol. The molecule has 1 aliphatic rings. The van der Waals surface area contributed by atoms with Crippen LogP contribution in [0.15, 0.2) is 30.3 Å². The summed E-state index contributed by atoms with van der Waals surface area (Å²) < 4.78 is 5.16. The molecular formula is C24H35N7O4. The molecule has 2 heterocycles. The van der Waals surface area contributed by atoms with Crippen LogP contribution in [0.4, 0.5) is 4.79 Å². The van der Waals surface area contributed by atoms with Crippen LogP contribution >= 0.6 is 0 Å². The molecule has 3 amide bonds. The molecule has 1 fully saturated rings. The van der Waals surface area contributed by atoms with Gasteiger partial charge in [-0.25, -0.2) is 4.79 Å². The molecule has 2 aromatic rings. The first-order valence-electron chi connectivity index (χ1n) is 12.1. The van der Waals surface area contributed by atoms with Crippen molar-refractivity contribution in [2.24, 2.45) is 5.92 Å². The largest absolute Gasteiger partial charge is 0.444 e. The van der Waals surface area contributed by atoms with Crippen molar-refractivity contribution >= 4 is 17.9 Å². The number of hydrogen-bond acceptors (Lipinski definition) is 7. The number of hydrogen-bond donors (Lipinski definition) is 2. The summed E-state index contributed by atoms with van der Waals surface area (Å²) in [6.45, 7) is 7.50. The van der Waals surface area contributed by atoms with Crippen molar-refractivity contribution in [3.05, 3.63) is 30.3 Å². The quantitative estimate of drug-likeness (QED) is 0.519. The lowest BCUT2D eigenvalue weighted by Crippen LogP contribution is -2.46. The van der Waals surface area contributed by atoms with Gasteiger partial charge in [0.1, 0.15) is 5.60 Å². The third-order valence-corrected chi connectivity index (χ3v) is 5.47. The molecule has 11 heteroatoms. The van der Waals surface area contributed by atoms with Crippen LogP contribution in [0.3, 0.4) is 0 Å². The van der Waals surface area contributed by atoms with E-state index in [9.17, 15) is 14.4 Å². The third kappa shape index (κ3) is 8.66. The van der Waals surface area contributed by atoms with Crippen LogP contribution in [-0.4, -0.2) is 74.8 Å². The first kappa shape index (κ1) is 26.1. The molecule has 1 unspecified atom stereocenters. The minimum absolute atomic E-state index is 0.0255. The van der Waals surface area contributed by atoms with Crippen molar-refractivity contribution < 1.29 is 19.1 Å². The summed E-state index contributed by atoms with van der Waals surface area (Å²) in [6.07, 6.45) is 1.95. The molecular weight excluding hydrogens is 450 g/mol. The fourth-order valence-corrected chi connectivity index (χ4v) is 3.80. The highest BCUT2D eigenvalue weighted by molar-refractivity contribution is 5.81. The highest BCUT2D eigenvalue weighted by Gasteiger charge is 2.28. The van der Waals surface area contributed by atoms with Crippen LogP contribution in [0.25, 0.3) is 11.4 Å². The Kier molecular flexibility index (Phi) is 9.16. The Labute approximate surface area is 205 Å². The van der Waals surface area contributed by atoms with Gasteiger partial charge in [-0.1, -0.05) is 30.3 Å². The van der Waals surface area contributed by atoms with Crippen molar-refractivity contribution in [1.82, 2.24) is 35.7 Å². The number of likely N-dealkylation sites (tertiary alicyclic amines) is 1. The Balaban J connectivity index is 1.35. The number of benzene rings is 1. The smallest absolute Gasteiger partial charge is 0.407 e. The summed E-state index contributed by atoms with van der Waals surface area (Å²) in [5.41, 5.74) is 0.329. The maximum absolute atomic E-state index is 12.7. The number of alkyl carbamates (subject to hydrolysis) is 1. The van der Waals surface area contributed by atoms with Crippen molar-refractivity contribution in [2.45, 2.75) is 58.6 Å². The zero-order valence-corrected chi connectivity index (χ0v) is 20.7. The summed E-state index contributed by atoms with van der Waals surface area (Å²) in [5, 5.41) is 18.0. The van der Waals surface area contributed by atoms with Gasteiger partial charge in [0.15, 0.2) is 0 Å². The summed E-state index contributed by atoms with van der Waals surface area (Å²) in [4.78, 5) is 40.2. The topological polar surface area (TPSA) is 131 Å². The monoisotopic (exact) mass is 485 g/mol. The van der Waals surface area contributed by atoms with Gasteiger partial charge in [-0.2, -0.15) is 4.80 Å². The van der Waals surface area contributed by atoms with E-state index < -0.39 is 11.7 Å². The van der Waals surface area contributed by atoms with Crippen molar-refractivity contribution in [3.63, 3.8) is 0 Å². The van der Waals surface area contributed by atoms with Crippen LogP contribution in [0, 0.1) is 5.92 Å². The lowest BCUT2D eigenvalue weighted by Gasteiger charge is -2.32. The number of carbonyl (C=O) groups is 3. The predicted octanol–water partition coefficient (Wildman–Crippen LogP) is 2.00. The molecule has 11 nitrogen and oxygen atoms in total. The van der Waals surface area contributed by atoms with Crippen molar-refractivity contribution in [3.8, 4) is 11.4 Å². The van der Waals surface area contributed by atoms with E-state index in [2.05, 4.69) is 26.0 Å². The summed E-state index contributed by atoms with van der Waals surface area (Å²) in [7, 11) is 0. The molecule has 35 heavy (non-hydrogen) atoms. The first-order chi connectivity index (χ1) is 16.7. The van der Waals surface area contributed by atoms with Gasteiger partial charge >= 0.3 is 6.09 Å². The number of nitrogens with one attached hydrogen (secondary N) is 2. The maximum Gasteiger partial charge on any atom is 0.407 e. The summed E-state index contributed by atoms with van der Waals surface area (Å²) >= 11 is 0. The Morgan fingerprint density at radius 1 is 1.11 bits per heavy atom. The van der Waals surface area contributed by atoms with E-state index >= 15 is 0 Å². The number of rotatable bonds is 9. The minimum Gasteiger partial charge on any atom is -0.444 e. The van der Waals surface area contributed by atoms with E-state index in [1.165, 1.54) is 4.80 Å². The molecule has 1 aliphatic heterocycles. The molecule has 1 atom stereocenters. The molecule has 0 spiro atoms. The number of piperidine rings is 1. The molecule has 1 aromatic heterocycles. The highest BCUT2D eigenvalue weighted by atomic mass is 16.6. The Morgan fingerprint density at radius 2 is 1.86 bits per heavy atom. The average Bonchev–Trinajstić information content (AvgIpc) is 3.30. The van der Waals surface area contributed by atoms with Gasteiger partial charge in [-0.3, -0.25) is 9.59 Å². The number of tetrazole rings is 1. The van der Waals surface area contributed by atoms with Gasteiger partial charge in [0.2, 0.25) is 17.6 Å². The van der Waals surface area contributed by atoms with Gasteiger partial charge in [-0.05, 0) is 45.2 Å². The van der Waals surface area contributed by atoms with Gasteiger partial charge in [0.05, 0.1) is 12.5 Å². The zero-order valence-electron chi connectivity index (χ0n) is 20.7. The molecule has 0 radical (unpaired) electrons. The Morgan fingerprint density at radius 3 is 2.60 bits per heavy atom. The molecule has 1 aromatic carbocycles. The molecule has 0 aliphatic carbocycles. The Bertz CT molecular complexity index is 987. The highest BCUT2D eigenvalue weighted by Crippen LogP contribution is 2.18. The van der Waals surface area contributed by atoms with Crippen molar-refractivity contribution in [2.75, 3.05) is 26.2 Å². The van der Waals surface area contributed by atoms with Gasteiger partial charge in [-0.15, -0.1) is 10.2 Å². The lowest BCUT2D eigenvalue weighted by atomic mass is 9.96. The second-order valence-corrected chi connectivity index (χ2v) is 9.58. The fraction of sp³-hybridized carbons (Fsp3) is 0.583. The molecule has 0 bridgehead atoms. The maximum atomic E-state index is 12.7. The average molecular weight is 486 g/mol. The van der Waals surface area contributed by atoms with Crippen LogP contribution < -0.4 is 10.6 Å². The fourth-order valence-electron chi connectivity index (χ4n) is 3.80. The van der Waals surface area contributed by atoms with E-state index in [1.807, 2.05) is 30.3 Å². The summed E-state index contributed by atoms with van der Waals surface area (Å²) in [6, 6.07) is 9.61. The van der Waals surface area contributed by atoms with E-state index in [0.29, 0.717) is 44.8 Å². The second-order valence-electron chi connectivity index (χ2n) is 9.58. The number of nitrogens with zero attached hydrogens (tertiary/aromatic N) is 5. The lowest BCUT2D eigenvalue weighted by molar-refractivity contribution is -0.135. The molecule has 2 N–H and O–H groups in total. The third-order valence-electron chi connectivity index (χ3n) is 5.47. The van der Waals surface area contributed by atoms with Crippen molar-refractivity contribution in [1.29, 1.82) is 0 Å². The minimum atomic E-state index is -0.567. The number of aryl methyl sites for hydroxylation is 1. The van der Waals surface area contributed by atoms with Crippen LogP contribution in [0.2, 0.25) is 0 Å². The normalized spacial score (nSPS) is 16.0. The van der Waals surface area contributed by atoms with Crippen LogP contribution in [-0.2, 0) is 20.9 Å². The molecule has 3 rings (SSSR count). The second kappa shape index (κ2) is 12.3. The number of amides is 3. The SMILES string of the molecule is CC(C)(C)OC(=O)NCCNC(=O)C1CCCN(C(=O)CCCn2nnc(-c3ccccc3)n2)C1. The van der Waals surface area contributed by atoms with Gasteiger partial charge in [0, 0.05) is 38.2 Å². The zero-order chi connectivity index (χ0) is 25.3. The number of aromatic nitrogens is 4. The van der Waals surface area contributed by atoms with E-state index in [-0.39, 0.29) is 24.3 Å². The standard InChI is InChI=1S/C24H35N7O4/c1-24(2,3)35-23(34)26-14-13-25-22(33)19-11-7-15-30(17-19)20(32)12-8-16-31-28-21(27-29-31)18-9-5-4-6-10-18/h4-6,9-10,19H,7-8,11-17H2,1-3H3,(H,25,33)(H,26,34). The van der Waals surface area contributed by atoms with Crippen LogP contribution in [0.5, 0.6) is 0 Å². The van der Waals surface area contributed by atoms with Crippen LogP contribution in [0.1, 0.15) is 46.5 Å².